The van der Waals surface area contributed by atoms with Crippen LogP contribution in [0.4, 0.5) is 0 Å². The van der Waals surface area contributed by atoms with Crippen LogP contribution in [0.5, 0.6) is 0 Å². The molecular weight excluding hydrogens is 423 g/mol. The fourth-order valence-electron chi connectivity index (χ4n) is 3.71. The molecular formula is C20H36O2SSn. The van der Waals surface area contributed by atoms with Crippen LogP contribution in [-0.4, -0.2) is 30.1 Å². The first kappa shape index (κ1) is 22.0. The van der Waals surface area contributed by atoms with Crippen molar-refractivity contribution in [1.29, 1.82) is 0 Å². The van der Waals surface area contributed by atoms with Crippen LogP contribution >= 0.6 is 0 Å². The number of sulfone groups is 1. The van der Waals surface area contributed by atoms with E-state index in [1.807, 2.05) is 18.2 Å². The molecule has 2 nitrogen and oxygen atoms in total. The molecule has 0 aliphatic carbocycles. The first-order valence-corrected chi connectivity index (χ1v) is 19.0. The molecule has 0 bridgehead atoms. The van der Waals surface area contributed by atoms with Gasteiger partial charge in [0.15, 0.2) is 0 Å². The fraction of sp³-hybridized carbons (Fsp3) is 0.700. The normalized spacial score (nSPS) is 13.8. The summed E-state index contributed by atoms with van der Waals surface area (Å²) in [5.74, 6) is 0. The first-order valence-electron chi connectivity index (χ1n) is 9.73. The van der Waals surface area contributed by atoms with Crippen LogP contribution in [0.1, 0.15) is 66.2 Å². The second-order valence-electron chi connectivity index (χ2n) is 7.17. The Morgan fingerprint density at radius 1 is 0.833 bits per heavy atom. The van der Waals surface area contributed by atoms with Crippen LogP contribution in [0, 0.1) is 0 Å². The molecule has 0 N–H and O–H groups in total. The van der Waals surface area contributed by atoms with Gasteiger partial charge in [0, 0.05) is 0 Å². The van der Waals surface area contributed by atoms with Gasteiger partial charge >= 0.3 is 155 Å². The maximum absolute atomic E-state index is 13.3. The SMILES string of the molecule is CCC[CH2][Sn]([CH2]CCC)([CH2]CCC)[CH](C)S(=O)(=O)c1ccccc1. The van der Waals surface area contributed by atoms with Crippen molar-refractivity contribution in [3.63, 3.8) is 0 Å². The van der Waals surface area contributed by atoms with Crippen LogP contribution in [0.3, 0.4) is 0 Å². The molecule has 0 saturated heterocycles. The molecule has 0 heterocycles. The average molecular weight is 459 g/mol. The van der Waals surface area contributed by atoms with E-state index in [2.05, 4.69) is 27.7 Å². The molecule has 0 radical (unpaired) electrons. The Bertz CT molecular complexity index is 532. The van der Waals surface area contributed by atoms with Gasteiger partial charge in [-0.3, -0.25) is 0 Å². The van der Waals surface area contributed by atoms with Crippen molar-refractivity contribution in [1.82, 2.24) is 0 Å². The van der Waals surface area contributed by atoms with Crippen LogP contribution in [0.15, 0.2) is 35.2 Å². The predicted molar refractivity (Wildman–Crippen MR) is 108 cm³/mol. The molecule has 0 saturated carbocycles. The van der Waals surface area contributed by atoms with Crippen molar-refractivity contribution in [2.24, 2.45) is 0 Å². The van der Waals surface area contributed by atoms with Gasteiger partial charge in [-0.05, 0) is 0 Å². The van der Waals surface area contributed by atoms with Crippen molar-refractivity contribution in [2.45, 2.75) is 87.7 Å². The Balaban J connectivity index is 3.22. The van der Waals surface area contributed by atoms with E-state index in [9.17, 15) is 8.42 Å². The molecule has 24 heavy (non-hydrogen) atoms. The van der Waals surface area contributed by atoms with Gasteiger partial charge in [0.05, 0.1) is 0 Å². The van der Waals surface area contributed by atoms with Crippen molar-refractivity contribution in [3.8, 4) is 0 Å². The van der Waals surface area contributed by atoms with Gasteiger partial charge in [0.2, 0.25) is 0 Å². The summed E-state index contributed by atoms with van der Waals surface area (Å²) in [6.45, 7) is 8.74. The summed E-state index contributed by atoms with van der Waals surface area (Å²) in [6.07, 6.45) is 7.15. The minimum atomic E-state index is -3.19. The summed E-state index contributed by atoms with van der Waals surface area (Å²) in [5, 5.41) is 0. The van der Waals surface area contributed by atoms with Crippen LogP contribution < -0.4 is 0 Å². The van der Waals surface area contributed by atoms with Crippen molar-refractivity contribution in [3.05, 3.63) is 30.3 Å². The summed E-state index contributed by atoms with van der Waals surface area (Å²) in [4.78, 5) is 0.531. The molecule has 138 valence electrons. The van der Waals surface area contributed by atoms with Crippen molar-refractivity contribution >= 4 is 28.2 Å². The van der Waals surface area contributed by atoms with E-state index in [1.165, 1.54) is 51.8 Å². The zero-order valence-corrected chi connectivity index (χ0v) is 19.7. The zero-order chi connectivity index (χ0) is 18.1. The van der Waals surface area contributed by atoms with E-state index >= 15 is 0 Å². The number of unbranched alkanes of at least 4 members (excludes halogenated alkanes) is 3. The van der Waals surface area contributed by atoms with Gasteiger partial charge in [0.25, 0.3) is 0 Å². The third kappa shape index (κ3) is 5.75. The van der Waals surface area contributed by atoms with Crippen molar-refractivity contribution in [2.75, 3.05) is 0 Å². The Kier molecular flexibility index (Phi) is 9.95. The maximum atomic E-state index is 13.3. The van der Waals surface area contributed by atoms with Gasteiger partial charge in [-0.15, -0.1) is 0 Å². The third-order valence-corrected chi connectivity index (χ3v) is 29.8. The summed E-state index contributed by atoms with van der Waals surface area (Å²) in [5.41, 5.74) is 0. The number of hydrogen-bond acceptors (Lipinski definition) is 2. The Morgan fingerprint density at radius 2 is 1.25 bits per heavy atom. The second-order valence-corrected chi connectivity index (χ2v) is 25.2. The standard InChI is InChI=1S/C8H9O2S.3C4H9.Sn/c1-2-11(9,10)8-6-4-3-5-7-8;3*1-3-4-2;/h2-7H,1H3;3*1,3-4H2,2H3;. The Labute approximate surface area is 154 Å². The second kappa shape index (κ2) is 10.8. The molecule has 1 aromatic rings. The molecule has 1 aromatic carbocycles. The van der Waals surface area contributed by atoms with Crippen LogP contribution in [0.25, 0.3) is 0 Å². The molecule has 0 aliphatic rings. The molecule has 0 amide bonds. The fourth-order valence-corrected chi connectivity index (χ4v) is 29.2. The molecule has 1 unspecified atom stereocenters. The number of rotatable bonds is 12. The summed E-state index contributed by atoms with van der Waals surface area (Å²) in [6, 6.07) is 9.15. The van der Waals surface area contributed by atoms with E-state index in [0.29, 0.717) is 4.90 Å². The van der Waals surface area contributed by atoms with E-state index in [4.69, 9.17) is 0 Å². The Hall–Kier alpha value is -0.0313. The molecule has 1 rings (SSSR count). The molecule has 1 atom stereocenters. The topological polar surface area (TPSA) is 34.1 Å². The summed E-state index contributed by atoms with van der Waals surface area (Å²) in [7, 11) is -3.19. The van der Waals surface area contributed by atoms with Gasteiger partial charge in [-0.1, -0.05) is 0 Å². The monoisotopic (exact) mass is 460 g/mol. The van der Waals surface area contributed by atoms with Gasteiger partial charge in [0.1, 0.15) is 0 Å². The number of hydrogen-bond donors (Lipinski definition) is 0. The van der Waals surface area contributed by atoms with E-state index in [-0.39, 0.29) is 3.27 Å². The predicted octanol–water partition coefficient (Wildman–Crippen LogP) is 6.24. The Morgan fingerprint density at radius 3 is 1.62 bits per heavy atom. The van der Waals surface area contributed by atoms with E-state index in [0.717, 1.165) is 0 Å². The molecule has 0 fully saturated rings. The van der Waals surface area contributed by atoms with E-state index < -0.39 is 28.2 Å². The van der Waals surface area contributed by atoms with Crippen LogP contribution in [-0.2, 0) is 9.84 Å². The zero-order valence-electron chi connectivity index (χ0n) is 16.1. The number of benzene rings is 1. The minimum absolute atomic E-state index is 0.112. The van der Waals surface area contributed by atoms with Gasteiger partial charge in [-0.2, -0.15) is 0 Å². The van der Waals surface area contributed by atoms with Gasteiger partial charge in [-0.25, -0.2) is 0 Å². The third-order valence-electron chi connectivity index (χ3n) is 5.48. The molecule has 0 aliphatic heterocycles. The van der Waals surface area contributed by atoms with Crippen molar-refractivity contribution < 1.29 is 8.42 Å². The summed E-state index contributed by atoms with van der Waals surface area (Å²) >= 11 is -2.78. The quantitative estimate of drug-likeness (QED) is 0.347. The van der Waals surface area contributed by atoms with Gasteiger partial charge < -0.3 is 0 Å². The summed E-state index contributed by atoms with van der Waals surface area (Å²) < 4.78 is 30.2. The van der Waals surface area contributed by atoms with E-state index in [1.54, 1.807) is 12.1 Å². The first-order chi connectivity index (χ1) is 11.4. The average Bonchev–Trinajstić information content (AvgIpc) is 2.61. The molecule has 0 spiro atoms. The van der Waals surface area contributed by atoms with Crippen LogP contribution in [0.2, 0.25) is 13.3 Å². The molecule has 4 heteroatoms. The molecule has 0 aromatic heterocycles.